The topological polar surface area (TPSA) is 94.1 Å². The van der Waals surface area contributed by atoms with Crippen LogP contribution in [-0.2, 0) is 17.8 Å². The van der Waals surface area contributed by atoms with Gasteiger partial charge in [0.2, 0.25) is 5.91 Å². The van der Waals surface area contributed by atoms with Gasteiger partial charge in [0.05, 0.1) is 29.8 Å². The van der Waals surface area contributed by atoms with Gasteiger partial charge >= 0.3 is 0 Å². The molecule has 9 heteroatoms. The highest BCUT2D eigenvalue weighted by Gasteiger charge is 2.14. The number of thiophene rings is 1. The quantitative estimate of drug-likeness (QED) is 0.196. The maximum atomic E-state index is 12.8. The van der Waals surface area contributed by atoms with E-state index in [4.69, 9.17) is 4.74 Å². The van der Waals surface area contributed by atoms with Crippen molar-refractivity contribution in [1.82, 2.24) is 20.3 Å². The lowest BCUT2D eigenvalue weighted by Crippen LogP contribution is -2.22. The number of ketones is 1. The third-order valence-electron chi connectivity index (χ3n) is 5.11. The monoisotopic (exact) mass is 492 g/mol. The SMILES string of the molecule is COc1ccc2nc(C)nc(SCC(=O)c3ccc(CNC(=O)CCc4ccncc4)s3)c2c1. The Bertz CT molecular complexity index is 1310. The van der Waals surface area contributed by atoms with E-state index in [1.165, 1.54) is 23.1 Å². The normalized spacial score (nSPS) is 10.9. The summed E-state index contributed by atoms with van der Waals surface area (Å²) in [6.45, 7) is 2.25. The number of carbonyl (C=O) groups excluding carboxylic acids is 2. The minimum atomic E-state index is -0.0184. The minimum Gasteiger partial charge on any atom is -0.497 e. The second kappa shape index (κ2) is 11.2. The molecule has 0 fully saturated rings. The maximum Gasteiger partial charge on any atom is 0.220 e. The van der Waals surface area contributed by atoms with E-state index in [2.05, 4.69) is 20.3 Å². The highest BCUT2D eigenvalue weighted by molar-refractivity contribution is 8.00. The molecule has 7 nitrogen and oxygen atoms in total. The van der Waals surface area contributed by atoms with Crippen LogP contribution in [0.1, 0.15) is 32.4 Å². The number of amides is 1. The van der Waals surface area contributed by atoms with Gasteiger partial charge in [0.25, 0.3) is 0 Å². The number of benzene rings is 1. The number of nitrogens with zero attached hydrogens (tertiary/aromatic N) is 3. The molecule has 174 valence electrons. The molecule has 4 aromatic rings. The largest absolute Gasteiger partial charge is 0.497 e. The Morgan fingerprint density at radius 1 is 1.09 bits per heavy atom. The average molecular weight is 493 g/mol. The molecule has 3 aromatic heterocycles. The van der Waals surface area contributed by atoms with Crippen molar-refractivity contribution >= 4 is 45.7 Å². The van der Waals surface area contributed by atoms with E-state index in [0.717, 1.165) is 32.1 Å². The van der Waals surface area contributed by atoms with Gasteiger partial charge in [-0.3, -0.25) is 14.6 Å². The van der Waals surface area contributed by atoms with Gasteiger partial charge in [-0.05, 0) is 61.4 Å². The van der Waals surface area contributed by atoms with Crippen LogP contribution in [0.2, 0.25) is 0 Å². The van der Waals surface area contributed by atoms with E-state index in [1.54, 1.807) is 19.5 Å². The molecule has 0 saturated heterocycles. The predicted molar refractivity (Wildman–Crippen MR) is 135 cm³/mol. The standard InChI is InChI=1S/C25H24N4O3S2/c1-16-28-21-6-4-18(32-2)13-20(21)25(29-16)33-15-22(30)23-7-5-19(34-23)14-27-24(31)8-3-17-9-11-26-12-10-17/h4-7,9-13H,3,8,14-15H2,1-2H3,(H,27,31). The molecule has 34 heavy (non-hydrogen) atoms. The summed E-state index contributed by atoms with van der Waals surface area (Å²) in [5.74, 6) is 1.65. The molecule has 0 spiro atoms. The number of Topliss-reactive ketones (excluding diaryl/α,β-unsaturated/α-hetero) is 1. The average Bonchev–Trinajstić information content (AvgIpc) is 3.34. The van der Waals surface area contributed by atoms with Crippen molar-refractivity contribution in [3.63, 3.8) is 0 Å². The molecule has 1 aromatic carbocycles. The van der Waals surface area contributed by atoms with E-state index in [1.807, 2.05) is 49.4 Å². The van der Waals surface area contributed by atoms with E-state index < -0.39 is 0 Å². The molecule has 0 aliphatic rings. The lowest BCUT2D eigenvalue weighted by molar-refractivity contribution is -0.121. The first-order valence-corrected chi connectivity index (χ1v) is 12.5. The molecule has 4 rings (SSSR count). The van der Waals surface area contributed by atoms with Crippen molar-refractivity contribution in [3.05, 3.63) is 76.0 Å². The number of hydrogen-bond donors (Lipinski definition) is 1. The summed E-state index contributed by atoms with van der Waals surface area (Å²) in [6.07, 6.45) is 4.53. The number of hydrogen-bond acceptors (Lipinski definition) is 8. The first-order chi connectivity index (χ1) is 16.5. The second-order valence-electron chi connectivity index (χ2n) is 7.57. The van der Waals surface area contributed by atoms with Crippen LogP contribution in [0.15, 0.2) is 59.9 Å². The van der Waals surface area contributed by atoms with Crippen LogP contribution in [0.4, 0.5) is 0 Å². The van der Waals surface area contributed by atoms with Gasteiger partial charge in [-0.2, -0.15) is 0 Å². The summed E-state index contributed by atoms with van der Waals surface area (Å²) in [5.41, 5.74) is 1.90. The Morgan fingerprint density at radius 2 is 1.91 bits per heavy atom. The van der Waals surface area contributed by atoms with Gasteiger partial charge in [0.1, 0.15) is 16.6 Å². The molecule has 0 aliphatic carbocycles. The first kappa shape index (κ1) is 23.8. The van der Waals surface area contributed by atoms with Gasteiger partial charge in [-0.25, -0.2) is 9.97 Å². The molecule has 1 N–H and O–H groups in total. The molecular formula is C25H24N4O3S2. The lowest BCUT2D eigenvalue weighted by Gasteiger charge is -2.08. The van der Waals surface area contributed by atoms with Crippen LogP contribution in [0.5, 0.6) is 5.75 Å². The summed E-state index contributed by atoms with van der Waals surface area (Å²) in [4.78, 5) is 39.5. The molecule has 0 unspecified atom stereocenters. The van der Waals surface area contributed by atoms with Crippen LogP contribution in [0.3, 0.4) is 0 Å². The van der Waals surface area contributed by atoms with Crippen molar-refractivity contribution in [2.75, 3.05) is 12.9 Å². The van der Waals surface area contributed by atoms with Crippen molar-refractivity contribution in [2.45, 2.75) is 31.3 Å². The number of carbonyl (C=O) groups is 2. The number of aryl methyl sites for hydroxylation is 2. The van der Waals surface area contributed by atoms with Gasteiger partial charge in [0.15, 0.2) is 5.78 Å². The molecule has 0 bridgehead atoms. The van der Waals surface area contributed by atoms with E-state index in [9.17, 15) is 9.59 Å². The van der Waals surface area contributed by atoms with Gasteiger partial charge in [-0.15, -0.1) is 11.3 Å². The van der Waals surface area contributed by atoms with Crippen molar-refractivity contribution < 1.29 is 14.3 Å². The number of methoxy groups -OCH3 is 1. The highest BCUT2D eigenvalue weighted by Crippen LogP contribution is 2.29. The van der Waals surface area contributed by atoms with Crippen LogP contribution < -0.4 is 10.1 Å². The fourth-order valence-electron chi connectivity index (χ4n) is 3.34. The van der Waals surface area contributed by atoms with E-state index in [-0.39, 0.29) is 17.4 Å². The first-order valence-electron chi connectivity index (χ1n) is 10.7. The minimum absolute atomic E-state index is 0.0184. The predicted octanol–water partition coefficient (Wildman–Crippen LogP) is 4.63. The number of fused-ring (bicyclic) bond motifs is 1. The summed E-state index contributed by atoms with van der Waals surface area (Å²) < 4.78 is 5.32. The Morgan fingerprint density at radius 3 is 2.71 bits per heavy atom. The molecule has 0 atom stereocenters. The lowest BCUT2D eigenvalue weighted by atomic mass is 10.1. The fraction of sp³-hybridized carbons (Fsp3) is 0.240. The Labute approximate surface area is 206 Å². The number of pyridine rings is 1. The summed E-state index contributed by atoms with van der Waals surface area (Å²) in [7, 11) is 1.62. The highest BCUT2D eigenvalue weighted by atomic mass is 32.2. The summed E-state index contributed by atoms with van der Waals surface area (Å²) in [5, 5.41) is 4.55. The summed E-state index contributed by atoms with van der Waals surface area (Å²) in [6, 6.07) is 13.2. The van der Waals surface area contributed by atoms with Gasteiger partial charge in [-0.1, -0.05) is 11.8 Å². The van der Waals surface area contributed by atoms with Gasteiger partial charge < -0.3 is 10.1 Å². The van der Waals surface area contributed by atoms with Crippen LogP contribution in [0.25, 0.3) is 10.9 Å². The zero-order valence-electron chi connectivity index (χ0n) is 18.9. The molecule has 1 amide bonds. The molecule has 0 radical (unpaired) electrons. The molecule has 3 heterocycles. The Balaban J connectivity index is 1.32. The number of aromatic nitrogens is 3. The second-order valence-corrected chi connectivity index (χ2v) is 9.70. The van der Waals surface area contributed by atoms with Crippen molar-refractivity contribution in [2.24, 2.45) is 0 Å². The number of thioether (sulfide) groups is 1. The van der Waals surface area contributed by atoms with Crippen molar-refractivity contribution in [1.29, 1.82) is 0 Å². The fourth-order valence-corrected chi connectivity index (χ4v) is 5.25. The van der Waals surface area contributed by atoms with Crippen LogP contribution >= 0.6 is 23.1 Å². The number of ether oxygens (including phenoxy) is 1. The zero-order chi connectivity index (χ0) is 23.9. The third-order valence-corrected chi connectivity index (χ3v) is 7.22. The van der Waals surface area contributed by atoms with E-state index >= 15 is 0 Å². The van der Waals surface area contributed by atoms with Crippen LogP contribution in [-0.4, -0.2) is 39.5 Å². The van der Waals surface area contributed by atoms with E-state index in [0.29, 0.717) is 30.1 Å². The number of nitrogens with one attached hydrogen (secondary N) is 1. The molecule has 0 saturated carbocycles. The Hall–Kier alpha value is -3.30. The molecular weight excluding hydrogens is 468 g/mol. The summed E-state index contributed by atoms with van der Waals surface area (Å²) >= 11 is 2.80. The Kier molecular flexibility index (Phi) is 7.87. The molecule has 0 aliphatic heterocycles. The smallest absolute Gasteiger partial charge is 0.220 e. The van der Waals surface area contributed by atoms with Gasteiger partial charge in [0, 0.05) is 29.1 Å². The van der Waals surface area contributed by atoms with Crippen LogP contribution in [0, 0.1) is 6.92 Å². The van der Waals surface area contributed by atoms with Crippen molar-refractivity contribution in [3.8, 4) is 5.75 Å². The maximum absolute atomic E-state index is 12.8. The zero-order valence-corrected chi connectivity index (χ0v) is 20.5. The third kappa shape index (κ3) is 6.18. The number of rotatable bonds is 10.